The van der Waals surface area contributed by atoms with Crippen LogP contribution in [0.1, 0.15) is 17.7 Å². The Morgan fingerprint density at radius 3 is 3.05 bits per heavy atom. The lowest BCUT2D eigenvalue weighted by Crippen LogP contribution is -2.41. The van der Waals surface area contributed by atoms with E-state index in [4.69, 9.17) is 16.3 Å². The molecule has 1 aromatic rings. The van der Waals surface area contributed by atoms with E-state index in [1.807, 2.05) is 0 Å². The lowest BCUT2D eigenvalue weighted by molar-refractivity contribution is 0.118. The Kier molecular flexibility index (Phi) is 5.25. The van der Waals surface area contributed by atoms with Crippen molar-refractivity contribution in [2.75, 3.05) is 26.8 Å². The van der Waals surface area contributed by atoms with E-state index in [2.05, 4.69) is 0 Å². The number of sulfonamides is 1. The Labute approximate surface area is 123 Å². The molecule has 0 amide bonds. The SMILES string of the molecule is COCC1CCCN(S(=O)(=O)c2ccsc2CCl)C1. The summed E-state index contributed by atoms with van der Waals surface area (Å²) in [6.45, 7) is 1.73. The first-order valence-electron chi connectivity index (χ1n) is 6.21. The highest BCUT2D eigenvalue weighted by molar-refractivity contribution is 7.89. The van der Waals surface area contributed by atoms with Crippen molar-refractivity contribution < 1.29 is 13.2 Å². The van der Waals surface area contributed by atoms with E-state index in [-0.39, 0.29) is 11.8 Å². The second-order valence-electron chi connectivity index (χ2n) is 4.67. The Bertz CT molecular complexity index is 513. The summed E-state index contributed by atoms with van der Waals surface area (Å²) >= 11 is 7.19. The van der Waals surface area contributed by atoms with Crippen LogP contribution >= 0.6 is 22.9 Å². The van der Waals surface area contributed by atoms with Crippen LogP contribution in [0.3, 0.4) is 0 Å². The van der Waals surface area contributed by atoms with Gasteiger partial charge in [-0.1, -0.05) is 0 Å². The molecular formula is C12H18ClNO3S2. The number of ether oxygens (including phenoxy) is 1. The first-order valence-corrected chi connectivity index (χ1v) is 9.06. The number of nitrogens with zero attached hydrogens (tertiary/aromatic N) is 1. The lowest BCUT2D eigenvalue weighted by Gasteiger charge is -2.31. The van der Waals surface area contributed by atoms with Crippen molar-refractivity contribution >= 4 is 33.0 Å². The monoisotopic (exact) mass is 323 g/mol. The quantitative estimate of drug-likeness (QED) is 0.782. The van der Waals surface area contributed by atoms with Crippen LogP contribution < -0.4 is 0 Å². The minimum atomic E-state index is -3.41. The largest absolute Gasteiger partial charge is 0.384 e. The highest BCUT2D eigenvalue weighted by Crippen LogP contribution is 2.29. The van der Waals surface area contributed by atoms with E-state index in [1.54, 1.807) is 22.9 Å². The number of alkyl halides is 1. The van der Waals surface area contributed by atoms with E-state index in [1.165, 1.54) is 11.3 Å². The average molecular weight is 324 g/mol. The van der Waals surface area contributed by atoms with Crippen molar-refractivity contribution in [3.05, 3.63) is 16.3 Å². The molecule has 1 fully saturated rings. The Morgan fingerprint density at radius 2 is 2.37 bits per heavy atom. The fourth-order valence-corrected chi connectivity index (χ4v) is 5.64. The van der Waals surface area contributed by atoms with Crippen LogP contribution in [-0.4, -0.2) is 39.5 Å². The smallest absolute Gasteiger partial charge is 0.244 e. The summed E-state index contributed by atoms with van der Waals surface area (Å²) in [5, 5.41) is 1.78. The molecule has 1 aliphatic rings. The number of rotatable bonds is 5. The molecule has 0 bridgehead atoms. The van der Waals surface area contributed by atoms with Gasteiger partial charge in [0.15, 0.2) is 0 Å². The molecule has 0 saturated carbocycles. The van der Waals surface area contributed by atoms with Gasteiger partial charge in [-0.25, -0.2) is 8.42 Å². The van der Waals surface area contributed by atoms with Gasteiger partial charge in [-0.2, -0.15) is 4.31 Å². The second-order valence-corrected chi connectivity index (χ2v) is 7.84. The predicted octanol–water partition coefficient (Wildman–Crippen LogP) is 2.53. The van der Waals surface area contributed by atoms with Crippen molar-refractivity contribution in [1.29, 1.82) is 0 Å². The van der Waals surface area contributed by atoms with Crippen LogP contribution in [0.5, 0.6) is 0 Å². The van der Waals surface area contributed by atoms with Crippen molar-refractivity contribution in [3.63, 3.8) is 0 Å². The zero-order valence-electron chi connectivity index (χ0n) is 10.8. The van der Waals surface area contributed by atoms with E-state index < -0.39 is 10.0 Å². The number of piperidine rings is 1. The highest BCUT2D eigenvalue weighted by Gasteiger charge is 2.31. The Balaban J connectivity index is 2.20. The molecule has 2 heterocycles. The number of hydrogen-bond acceptors (Lipinski definition) is 4. The van der Waals surface area contributed by atoms with Gasteiger partial charge in [0.05, 0.1) is 17.4 Å². The van der Waals surface area contributed by atoms with E-state index in [0.717, 1.165) is 17.7 Å². The van der Waals surface area contributed by atoms with Crippen LogP contribution in [0.2, 0.25) is 0 Å². The number of hydrogen-bond donors (Lipinski definition) is 0. The first kappa shape index (κ1) is 15.3. The molecule has 19 heavy (non-hydrogen) atoms. The zero-order chi connectivity index (χ0) is 13.9. The van der Waals surface area contributed by atoms with Crippen LogP contribution in [0.25, 0.3) is 0 Å². The predicted molar refractivity (Wildman–Crippen MR) is 77.2 cm³/mol. The van der Waals surface area contributed by atoms with Crippen molar-refractivity contribution in [2.24, 2.45) is 5.92 Å². The van der Waals surface area contributed by atoms with E-state index in [9.17, 15) is 8.42 Å². The maximum Gasteiger partial charge on any atom is 0.244 e. The molecule has 1 aliphatic heterocycles. The van der Waals surface area contributed by atoms with E-state index >= 15 is 0 Å². The summed E-state index contributed by atoms with van der Waals surface area (Å²) in [5.74, 6) is 0.522. The average Bonchev–Trinajstić information content (AvgIpc) is 2.88. The molecule has 1 unspecified atom stereocenters. The third kappa shape index (κ3) is 3.31. The standard InChI is InChI=1S/C12H18ClNO3S2/c1-17-9-10-3-2-5-14(8-10)19(15,16)12-4-6-18-11(12)7-13/h4,6,10H,2-3,5,7-9H2,1H3. The summed E-state index contributed by atoms with van der Waals surface area (Å²) in [4.78, 5) is 1.08. The minimum absolute atomic E-state index is 0.238. The third-order valence-corrected chi connectivity index (χ3v) is 6.75. The molecule has 1 saturated heterocycles. The van der Waals surface area contributed by atoms with Crippen LogP contribution in [0.4, 0.5) is 0 Å². The van der Waals surface area contributed by atoms with Crippen molar-refractivity contribution in [1.82, 2.24) is 4.31 Å². The molecule has 0 spiro atoms. The molecular weight excluding hydrogens is 306 g/mol. The third-order valence-electron chi connectivity index (χ3n) is 3.33. The van der Waals surface area contributed by atoms with Crippen LogP contribution in [0.15, 0.2) is 16.3 Å². The van der Waals surface area contributed by atoms with Gasteiger partial charge in [-0.05, 0) is 30.2 Å². The number of halogens is 1. The van der Waals surface area contributed by atoms with E-state index in [0.29, 0.717) is 24.6 Å². The molecule has 1 atom stereocenters. The summed E-state index contributed by atoms with van der Waals surface area (Å²) in [7, 11) is -1.76. The minimum Gasteiger partial charge on any atom is -0.384 e. The normalized spacial score (nSPS) is 21.7. The maximum atomic E-state index is 12.6. The Hall–Kier alpha value is -0.140. The number of thiophene rings is 1. The van der Waals surface area contributed by atoms with Crippen LogP contribution in [-0.2, 0) is 20.6 Å². The fourth-order valence-electron chi connectivity index (χ4n) is 2.41. The summed E-state index contributed by atoms with van der Waals surface area (Å²) in [5.41, 5.74) is 0. The van der Waals surface area contributed by atoms with Gasteiger partial charge in [-0.3, -0.25) is 0 Å². The molecule has 1 aromatic heterocycles. The molecule has 4 nitrogen and oxygen atoms in total. The second kappa shape index (κ2) is 6.54. The van der Waals surface area contributed by atoms with Gasteiger partial charge in [0.2, 0.25) is 10.0 Å². The Morgan fingerprint density at radius 1 is 1.58 bits per heavy atom. The zero-order valence-corrected chi connectivity index (χ0v) is 13.2. The molecule has 108 valence electrons. The fraction of sp³-hybridized carbons (Fsp3) is 0.667. The molecule has 2 rings (SSSR count). The summed E-state index contributed by atoms with van der Waals surface area (Å²) < 4.78 is 31.9. The lowest BCUT2D eigenvalue weighted by atomic mass is 10.0. The highest BCUT2D eigenvalue weighted by atomic mass is 35.5. The van der Waals surface area contributed by atoms with Gasteiger partial charge in [0, 0.05) is 25.1 Å². The van der Waals surface area contributed by atoms with Crippen molar-refractivity contribution in [2.45, 2.75) is 23.6 Å². The number of methoxy groups -OCH3 is 1. The van der Waals surface area contributed by atoms with Crippen LogP contribution in [0, 0.1) is 5.92 Å². The summed E-state index contributed by atoms with van der Waals surface area (Å²) in [6.07, 6.45) is 1.90. The first-order chi connectivity index (χ1) is 9.09. The molecule has 7 heteroatoms. The molecule has 0 aromatic carbocycles. The van der Waals surface area contributed by atoms with Gasteiger partial charge in [-0.15, -0.1) is 22.9 Å². The van der Waals surface area contributed by atoms with Gasteiger partial charge < -0.3 is 4.74 Å². The molecule has 0 radical (unpaired) electrons. The topological polar surface area (TPSA) is 46.6 Å². The molecule has 0 aliphatic carbocycles. The maximum absolute atomic E-state index is 12.6. The van der Waals surface area contributed by atoms with Gasteiger partial charge in [0.1, 0.15) is 0 Å². The van der Waals surface area contributed by atoms with Crippen molar-refractivity contribution in [3.8, 4) is 0 Å². The van der Waals surface area contributed by atoms with Gasteiger partial charge >= 0.3 is 0 Å². The molecule has 0 N–H and O–H groups in total. The van der Waals surface area contributed by atoms with Gasteiger partial charge in [0.25, 0.3) is 0 Å². The summed E-state index contributed by atoms with van der Waals surface area (Å²) in [6, 6.07) is 1.65.